The minimum Gasteiger partial charge on any atom is -0.350 e. The number of amides is 1. The Morgan fingerprint density at radius 3 is 2.47 bits per heavy atom. The first kappa shape index (κ1) is 16.0. The van der Waals surface area contributed by atoms with Gasteiger partial charge in [0.2, 0.25) is 5.91 Å². The number of terminal acetylenes is 1. The summed E-state index contributed by atoms with van der Waals surface area (Å²) in [4.78, 5) is 14.3. The van der Waals surface area contributed by atoms with Gasteiger partial charge in [-0.15, -0.1) is 6.42 Å². The molecule has 0 aromatic carbocycles. The maximum absolute atomic E-state index is 12.0. The Hall–Kier alpha value is -1.05. The van der Waals surface area contributed by atoms with Crippen molar-refractivity contribution < 1.29 is 4.79 Å². The third-order valence-corrected chi connectivity index (χ3v) is 3.28. The highest BCUT2D eigenvalue weighted by atomic mass is 16.2. The number of carbonyl (C=O) groups is 1. The van der Waals surface area contributed by atoms with E-state index in [1.54, 1.807) is 0 Å². The molecular formula is C15H27N3O. The molecule has 1 amide bonds. The van der Waals surface area contributed by atoms with Crippen LogP contribution in [0.3, 0.4) is 0 Å². The molecule has 0 saturated carbocycles. The molecule has 0 radical (unpaired) electrons. The van der Waals surface area contributed by atoms with Gasteiger partial charge in [-0.2, -0.15) is 0 Å². The number of carbonyl (C=O) groups excluding carboxylic acids is 1. The van der Waals surface area contributed by atoms with E-state index in [9.17, 15) is 4.79 Å². The molecule has 0 aliphatic carbocycles. The van der Waals surface area contributed by atoms with Crippen molar-refractivity contribution in [2.24, 2.45) is 0 Å². The zero-order chi connectivity index (χ0) is 14.5. The lowest BCUT2D eigenvalue weighted by Crippen LogP contribution is -2.53. The highest BCUT2D eigenvalue weighted by Gasteiger charge is 2.24. The summed E-state index contributed by atoms with van der Waals surface area (Å²) in [6.07, 6.45) is 7.41. The van der Waals surface area contributed by atoms with E-state index in [2.05, 4.69) is 21.5 Å². The average Bonchev–Trinajstić information content (AvgIpc) is 2.29. The quantitative estimate of drug-likeness (QED) is 0.745. The van der Waals surface area contributed by atoms with Crippen LogP contribution in [-0.2, 0) is 4.79 Å². The number of likely N-dealkylation sites (tertiary alicyclic amines) is 1. The maximum Gasteiger partial charge on any atom is 0.237 e. The summed E-state index contributed by atoms with van der Waals surface area (Å²) in [6, 6.07) is 0.262. The van der Waals surface area contributed by atoms with Crippen LogP contribution in [0.15, 0.2) is 0 Å². The third kappa shape index (κ3) is 6.09. The summed E-state index contributed by atoms with van der Waals surface area (Å²) in [5, 5.41) is 6.41. The van der Waals surface area contributed by atoms with Gasteiger partial charge in [-0.3, -0.25) is 9.69 Å². The fourth-order valence-corrected chi connectivity index (χ4v) is 2.29. The number of hydrogen-bond donors (Lipinski definition) is 2. The van der Waals surface area contributed by atoms with Gasteiger partial charge in [0.15, 0.2) is 0 Å². The largest absolute Gasteiger partial charge is 0.350 e. The van der Waals surface area contributed by atoms with Gasteiger partial charge in [-0.1, -0.05) is 5.92 Å². The third-order valence-electron chi connectivity index (χ3n) is 3.28. The molecule has 4 heteroatoms. The van der Waals surface area contributed by atoms with Crippen molar-refractivity contribution >= 4 is 5.91 Å². The Kier molecular flexibility index (Phi) is 5.84. The smallest absolute Gasteiger partial charge is 0.237 e. The van der Waals surface area contributed by atoms with Crippen LogP contribution >= 0.6 is 0 Å². The van der Waals surface area contributed by atoms with Gasteiger partial charge < -0.3 is 10.6 Å². The SMILES string of the molecule is C#CCN1CCC(NC(C)C(=O)NC(C)(C)C)CC1. The molecule has 1 aliphatic rings. The second-order valence-corrected chi connectivity index (χ2v) is 6.38. The Morgan fingerprint density at radius 1 is 1.42 bits per heavy atom. The normalized spacial score (nSPS) is 19.7. The standard InChI is InChI=1S/C15H27N3O/c1-6-9-18-10-7-13(8-11-18)16-12(2)14(19)17-15(3,4)5/h1,12-13,16H,7-11H2,2-5H3,(H,17,19). The van der Waals surface area contributed by atoms with Crippen LogP contribution in [-0.4, -0.2) is 48.1 Å². The second-order valence-electron chi connectivity index (χ2n) is 6.38. The molecule has 1 fully saturated rings. The van der Waals surface area contributed by atoms with Crippen LogP contribution in [0.1, 0.15) is 40.5 Å². The molecule has 1 saturated heterocycles. The number of nitrogens with one attached hydrogen (secondary N) is 2. The Bertz CT molecular complexity index is 332. The van der Waals surface area contributed by atoms with E-state index in [0.29, 0.717) is 6.04 Å². The molecule has 0 bridgehead atoms. The molecule has 1 unspecified atom stereocenters. The molecular weight excluding hydrogens is 238 g/mol. The van der Waals surface area contributed by atoms with Crippen LogP contribution in [0.5, 0.6) is 0 Å². The number of hydrogen-bond acceptors (Lipinski definition) is 3. The Morgan fingerprint density at radius 2 is 2.00 bits per heavy atom. The van der Waals surface area contributed by atoms with Gasteiger partial charge in [-0.05, 0) is 40.5 Å². The van der Waals surface area contributed by atoms with E-state index in [1.165, 1.54) is 0 Å². The van der Waals surface area contributed by atoms with Crippen LogP contribution in [0.2, 0.25) is 0 Å². The van der Waals surface area contributed by atoms with Crippen molar-refractivity contribution in [3.63, 3.8) is 0 Å². The summed E-state index contributed by atoms with van der Waals surface area (Å²) in [5.74, 6) is 2.75. The monoisotopic (exact) mass is 265 g/mol. The fourth-order valence-electron chi connectivity index (χ4n) is 2.29. The van der Waals surface area contributed by atoms with Crippen molar-refractivity contribution in [1.29, 1.82) is 0 Å². The van der Waals surface area contributed by atoms with E-state index in [1.807, 2.05) is 27.7 Å². The second kappa shape index (κ2) is 6.93. The molecule has 0 spiro atoms. The zero-order valence-electron chi connectivity index (χ0n) is 12.6. The maximum atomic E-state index is 12.0. The fraction of sp³-hybridized carbons (Fsp3) is 0.800. The zero-order valence-corrected chi connectivity index (χ0v) is 12.6. The minimum absolute atomic E-state index is 0.0681. The molecule has 1 aliphatic heterocycles. The minimum atomic E-state index is -0.177. The van der Waals surface area contributed by atoms with E-state index < -0.39 is 0 Å². The highest BCUT2D eigenvalue weighted by Crippen LogP contribution is 2.10. The van der Waals surface area contributed by atoms with Crippen LogP contribution in [0.25, 0.3) is 0 Å². The van der Waals surface area contributed by atoms with E-state index in [4.69, 9.17) is 6.42 Å². The molecule has 0 aromatic heterocycles. The van der Waals surface area contributed by atoms with Crippen molar-refractivity contribution in [3.8, 4) is 12.3 Å². The summed E-state index contributed by atoms with van der Waals surface area (Å²) in [6.45, 7) is 10.7. The number of rotatable bonds is 4. The van der Waals surface area contributed by atoms with Gasteiger partial charge in [-0.25, -0.2) is 0 Å². The van der Waals surface area contributed by atoms with E-state index in [-0.39, 0.29) is 17.5 Å². The first-order valence-corrected chi connectivity index (χ1v) is 7.05. The molecule has 0 aromatic rings. The van der Waals surface area contributed by atoms with Crippen LogP contribution < -0.4 is 10.6 Å². The van der Waals surface area contributed by atoms with Crippen molar-refractivity contribution in [3.05, 3.63) is 0 Å². The predicted octanol–water partition coefficient (Wildman–Crippen LogP) is 0.977. The molecule has 1 rings (SSSR count). The topological polar surface area (TPSA) is 44.4 Å². The highest BCUT2D eigenvalue weighted by molar-refractivity contribution is 5.81. The molecule has 1 heterocycles. The molecule has 19 heavy (non-hydrogen) atoms. The van der Waals surface area contributed by atoms with Crippen molar-refractivity contribution in [2.75, 3.05) is 19.6 Å². The summed E-state index contributed by atoms with van der Waals surface area (Å²) >= 11 is 0. The first-order valence-electron chi connectivity index (χ1n) is 7.05. The predicted molar refractivity (Wildman–Crippen MR) is 78.8 cm³/mol. The Labute approximate surface area is 117 Å². The lowest BCUT2D eigenvalue weighted by atomic mass is 10.0. The first-order chi connectivity index (χ1) is 8.81. The van der Waals surface area contributed by atoms with E-state index in [0.717, 1.165) is 32.5 Å². The molecule has 4 nitrogen and oxygen atoms in total. The summed E-state index contributed by atoms with van der Waals surface area (Å²) in [7, 11) is 0. The van der Waals surface area contributed by atoms with E-state index >= 15 is 0 Å². The van der Waals surface area contributed by atoms with Crippen LogP contribution in [0, 0.1) is 12.3 Å². The summed E-state index contributed by atoms with van der Waals surface area (Å²) < 4.78 is 0. The van der Waals surface area contributed by atoms with Gasteiger partial charge in [0.1, 0.15) is 0 Å². The number of nitrogens with zero attached hydrogens (tertiary/aromatic N) is 1. The van der Waals surface area contributed by atoms with Gasteiger partial charge >= 0.3 is 0 Å². The molecule has 1 atom stereocenters. The number of piperidine rings is 1. The lowest BCUT2D eigenvalue weighted by molar-refractivity contribution is -0.124. The lowest BCUT2D eigenvalue weighted by Gasteiger charge is -2.33. The molecule has 2 N–H and O–H groups in total. The summed E-state index contributed by atoms with van der Waals surface area (Å²) in [5.41, 5.74) is -0.177. The molecule has 108 valence electrons. The van der Waals surface area contributed by atoms with Gasteiger partial charge in [0.25, 0.3) is 0 Å². The van der Waals surface area contributed by atoms with Gasteiger partial charge in [0.05, 0.1) is 12.6 Å². The Balaban J connectivity index is 2.32. The van der Waals surface area contributed by atoms with Crippen molar-refractivity contribution in [2.45, 2.75) is 58.2 Å². The van der Waals surface area contributed by atoms with Crippen LogP contribution in [0.4, 0.5) is 0 Å². The average molecular weight is 265 g/mol. The van der Waals surface area contributed by atoms with Crippen molar-refractivity contribution in [1.82, 2.24) is 15.5 Å². The van der Waals surface area contributed by atoms with Gasteiger partial charge in [0, 0.05) is 24.7 Å².